The molecule has 7 nitrogen and oxygen atoms in total. The number of allylic oxidation sites excluding steroid dienone is 1. The van der Waals surface area contributed by atoms with Crippen molar-refractivity contribution in [1.82, 2.24) is 15.1 Å². The number of hydrogen-bond acceptors (Lipinski definition) is 6. The number of nitrogens with zero attached hydrogens (tertiary/aromatic N) is 2. The number of aromatic amines is 1. The van der Waals surface area contributed by atoms with Crippen LogP contribution in [0.2, 0.25) is 0 Å². The summed E-state index contributed by atoms with van der Waals surface area (Å²) < 4.78 is 87.0. The number of thioether (sulfide) groups is 1. The molecule has 3 aromatic rings. The minimum Gasteiger partial charge on any atom is -0.381 e. The van der Waals surface area contributed by atoms with Crippen LogP contribution in [0.3, 0.4) is 0 Å². The number of rotatable bonds is 6. The molecule has 41 heavy (non-hydrogen) atoms. The number of nitrogens with one attached hydrogen (secondary N) is 1. The normalized spacial score (nSPS) is 19.3. The lowest BCUT2D eigenvalue weighted by atomic mass is 9.87. The Bertz CT molecular complexity index is 1530. The molecule has 1 aromatic heterocycles. The number of amides is 2. The Balaban J connectivity index is 1.56. The van der Waals surface area contributed by atoms with E-state index in [1.165, 1.54) is 6.20 Å². The quantitative estimate of drug-likeness (QED) is 0.261. The predicted octanol–water partition coefficient (Wildman–Crippen LogP) is 6.15. The van der Waals surface area contributed by atoms with Crippen molar-refractivity contribution in [2.24, 2.45) is 5.73 Å². The van der Waals surface area contributed by atoms with Crippen LogP contribution in [0.15, 0.2) is 47.5 Å². The summed E-state index contributed by atoms with van der Waals surface area (Å²) in [6, 6.07) is 6.15. The Kier molecular flexibility index (Phi) is 7.68. The zero-order valence-corrected chi connectivity index (χ0v) is 22.2. The summed E-state index contributed by atoms with van der Waals surface area (Å²) in [5.74, 6) is -0.696. The SMILES string of the molecule is NC1(CCN2C(=O)S/C(=C(/Cc3ccc(C(F)(F)F)cc3C(F)(F)F)c3ccc4[nH]ncc4c3)C2=O)CCOCC1. The third-order valence-corrected chi connectivity index (χ3v) is 8.36. The van der Waals surface area contributed by atoms with Crippen LogP contribution in [0.4, 0.5) is 31.1 Å². The number of nitrogens with two attached hydrogens (primary N) is 1. The van der Waals surface area contributed by atoms with Crippen LogP contribution in [0, 0.1) is 0 Å². The number of carbonyl (C=O) groups excluding carboxylic acids is 2. The maximum absolute atomic E-state index is 14.0. The molecule has 3 N–H and O–H groups in total. The van der Waals surface area contributed by atoms with E-state index in [9.17, 15) is 35.9 Å². The van der Waals surface area contributed by atoms with E-state index in [-0.39, 0.29) is 23.1 Å². The van der Waals surface area contributed by atoms with Gasteiger partial charge in [-0.1, -0.05) is 12.1 Å². The molecule has 0 radical (unpaired) electrons. The second-order valence-electron chi connectivity index (χ2n) is 10.1. The maximum Gasteiger partial charge on any atom is 0.416 e. The summed E-state index contributed by atoms with van der Waals surface area (Å²) in [6.07, 6.45) is -7.75. The Hall–Kier alpha value is -3.36. The zero-order valence-electron chi connectivity index (χ0n) is 21.4. The molecule has 218 valence electrons. The first-order valence-corrected chi connectivity index (χ1v) is 13.4. The van der Waals surface area contributed by atoms with Crippen molar-refractivity contribution in [2.75, 3.05) is 19.8 Å². The topological polar surface area (TPSA) is 101 Å². The number of aromatic nitrogens is 2. The van der Waals surface area contributed by atoms with Gasteiger partial charge in [-0.25, -0.2) is 0 Å². The van der Waals surface area contributed by atoms with E-state index >= 15 is 0 Å². The van der Waals surface area contributed by atoms with Crippen LogP contribution in [0.1, 0.15) is 41.5 Å². The van der Waals surface area contributed by atoms with E-state index in [1.807, 2.05) is 0 Å². The number of ether oxygens (including phenoxy) is 1. The van der Waals surface area contributed by atoms with Crippen LogP contribution in [-0.2, 0) is 28.3 Å². The van der Waals surface area contributed by atoms with Crippen molar-refractivity contribution >= 4 is 39.4 Å². The average Bonchev–Trinajstić information content (AvgIpc) is 3.48. The van der Waals surface area contributed by atoms with Gasteiger partial charge in [0.1, 0.15) is 0 Å². The van der Waals surface area contributed by atoms with Crippen LogP contribution in [0.25, 0.3) is 16.5 Å². The van der Waals surface area contributed by atoms with Gasteiger partial charge in [0.25, 0.3) is 11.1 Å². The highest BCUT2D eigenvalue weighted by Crippen LogP contribution is 2.42. The molecule has 2 saturated heterocycles. The lowest BCUT2D eigenvalue weighted by Gasteiger charge is -2.34. The van der Waals surface area contributed by atoms with Gasteiger partial charge in [0.05, 0.1) is 27.7 Å². The van der Waals surface area contributed by atoms with Gasteiger partial charge in [0.2, 0.25) is 0 Å². The third kappa shape index (κ3) is 6.14. The van der Waals surface area contributed by atoms with Gasteiger partial charge in [0, 0.05) is 30.7 Å². The van der Waals surface area contributed by atoms with E-state index in [0.717, 1.165) is 11.0 Å². The van der Waals surface area contributed by atoms with Gasteiger partial charge in [-0.3, -0.25) is 19.6 Å². The predicted molar refractivity (Wildman–Crippen MR) is 139 cm³/mol. The Morgan fingerprint density at radius 3 is 2.46 bits per heavy atom. The molecule has 2 fully saturated rings. The van der Waals surface area contributed by atoms with E-state index in [0.29, 0.717) is 66.8 Å². The zero-order chi connectivity index (χ0) is 29.6. The summed E-state index contributed by atoms with van der Waals surface area (Å²) in [4.78, 5) is 27.4. The Morgan fingerprint density at radius 2 is 1.78 bits per heavy atom. The molecular weight excluding hydrogens is 574 g/mol. The van der Waals surface area contributed by atoms with Crippen molar-refractivity contribution in [3.05, 3.63) is 69.8 Å². The Morgan fingerprint density at radius 1 is 1.05 bits per heavy atom. The summed E-state index contributed by atoms with van der Waals surface area (Å²) in [5, 5.41) is 6.66. The number of alkyl halides is 6. The monoisotopic (exact) mass is 598 g/mol. The van der Waals surface area contributed by atoms with E-state index in [1.54, 1.807) is 18.2 Å². The molecule has 2 aliphatic rings. The largest absolute Gasteiger partial charge is 0.416 e. The smallest absolute Gasteiger partial charge is 0.381 e. The molecular formula is C27H24F6N4O3S. The number of hydrogen-bond donors (Lipinski definition) is 2. The van der Waals surface area contributed by atoms with Crippen molar-refractivity contribution in [2.45, 2.75) is 43.6 Å². The van der Waals surface area contributed by atoms with E-state index < -0.39 is 52.1 Å². The number of benzene rings is 2. The summed E-state index contributed by atoms with van der Waals surface area (Å²) >= 11 is 0.585. The highest BCUT2D eigenvalue weighted by molar-refractivity contribution is 8.18. The van der Waals surface area contributed by atoms with E-state index in [4.69, 9.17) is 10.5 Å². The van der Waals surface area contributed by atoms with Crippen molar-refractivity contribution in [3.8, 4) is 0 Å². The second kappa shape index (κ2) is 10.8. The van der Waals surface area contributed by atoms with Crippen LogP contribution >= 0.6 is 11.8 Å². The highest BCUT2D eigenvalue weighted by Gasteiger charge is 2.41. The molecule has 0 atom stereocenters. The van der Waals surface area contributed by atoms with Crippen LogP contribution in [-0.4, -0.2) is 51.5 Å². The van der Waals surface area contributed by atoms with Gasteiger partial charge in [0.15, 0.2) is 0 Å². The molecule has 2 aliphatic heterocycles. The van der Waals surface area contributed by atoms with E-state index in [2.05, 4.69) is 10.2 Å². The second-order valence-corrected chi connectivity index (χ2v) is 11.0. The molecule has 0 unspecified atom stereocenters. The van der Waals surface area contributed by atoms with Crippen LogP contribution in [0.5, 0.6) is 0 Å². The minimum atomic E-state index is -5.10. The number of carbonyl (C=O) groups is 2. The fourth-order valence-corrected chi connectivity index (χ4v) is 5.91. The van der Waals surface area contributed by atoms with Crippen LogP contribution < -0.4 is 5.73 Å². The molecule has 14 heteroatoms. The molecule has 0 bridgehead atoms. The molecule has 5 rings (SSSR count). The molecule has 2 amide bonds. The fraction of sp³-hybridized carbons (Fsp3) is 0.370. The molecule has 0 spiro atoms. The van der Waals surface area contributed by atoms with Gasteiger partial charge >= 0.3 is 12.4 Å². The number of imide groups is 1. The van der Waals surface area contributed by atoms with Gasteiger partial charge in [-0.15, -0.1) is 0 Å². The average molecular weight is 599 g/mol. The first-order valence-electron chi connectivity index (χ1n) is 12.6. The lowest BCUT2D eigenvalue weighted by Crippen LogP contribution is -2.47. The number of H-pyrrole nitrogens is 1. The summed E-state index contributed by atoms with van der Waals surface area (Å²) in [6.45, 7) is 0.911. The molecule has 3 heterocycles. The van der Waals surface area contributed by atoms with Gasteiger partial charge in [-0.2, -0.15) is 31.4 Å². The van der Waals surface area contributed by atoms with Crippen molar-refractivity contribution in [1.29, 1.82) is 0 Å². The molecule has 2 aromatic carbocycles. The van der Waals surface area contributed by atoms with Gasteiger partial charge < -0.3 is 10.5 Å². The van der Waals surface area contributed by atoms with Gasteiger partial charge in [-0.05, 0) is 78.4 Å². The number of halogens is 6. The fourth-order valence-electron chi connectivity index (χ4n) is 4.94. The third-order valence-electron chi connectivity index (χ3n) is 7.34. The Labute approximate surface area is 234 Å². The first-order chi connectivity index (χ1) is 19.2. The highest BCUT2D eigenvalue weighted by atomic mass is 32.2. The standard InChI is InChI=1S/C27H24F6N4O3S/c28-26(29,30)18-3-1-16(20(13-18)27(31,32)33)12-19(15-2-4-21-17(11-15)14-35-36-21)22-23(38)37(24(39)41-22)8-5-25(34)6-9-40-10-7-25/h1-4,11,13-14H,5-10,12,34H2,(H,35,36)/b22-19-. The first kappa shape index (κ1) is 29.1. The molecule has 0 saturated carbocycles. The maximum atomic E-state index is 14.0. The van der Waals surface area contributed by atoms with Crippen molar-refractivity contribution < 1.29 is 40.7 Å². The molecule has 0 aliphatic carbocycles. The lowest BCUT2D eigenvalue weighted by molar-refractivity contribution is -0.143. The summed E-state index contributed by atoms with van der Waals surface area (Å²) in [7, 11) is 0. The number of fused-ring (bicyclic) bond motifs is 1. The van der Waals surface area contributed by atoms with Crippen molar-refractivity contribution in [3.63, 3.8) is 0 Å². The minimum absolute atomic E-state index is 0.00674. The summed E-state index contributed by atoms with van der Waals surface area (Å²) in [5.41, 5.74) is 3.43.